The Hall–Kier alpha value is -0.580. The lowest BCUT2D eigenvalue weighted by atomic mass is 9.90. The second kappa shape index (κ2) is 4.29. The van der Waals surface area contributed by atoms with Crippen LogP contribution in [0.25, 0.3) is 0 Å². The van der Waals surface area contributed by atoms with Gasteiger partial charge in [0.15, 0.2) is 0 Å². The number of nitrogens with zero attached hydrogens (tertiary/aromatic N) is 1. The highest BCUT2D eigenvalue weighted by atomic mass is 32.2. The first-order valence-corrected chi connectivity index (χ1v) is 5.73. The molecule has 0 saturated carbocycles. The maximum absolute atomic E-state index is 11.4. The van der Waals surface area contributed by atoms with Crippen molar-refractivity contribution in [3.05, 3.63) is 30.1 Å². The highest BCUT2D eigenvalue weighted by molar-refractivity contribution is 7.90. The summed E-state index contributed by atoms with van der Waals surface area (Å²) in [7, 11) is 0. The molecule has 1 rings (SSSR count). The minimum absolute atomic E-state index is 0.149. The van der Waals surface area contributed by atoms with Crippen molar-refractivity contribution in [1.82, 2.24) is 4.98 Å². The zero-order chi connectivity index (χ0) is 10.8. The molecular weight excluding hydrogens is 196 g/mol. The lowest BCUT2D eigenvalue weighted by Crippen LogP contribution is -2.42. The average molecular weight is 212 g/mol. The molecule has 0 amide bonds. The normalized spacial score (nSPS) is 16.4. The molecule has 0 spiro atoms. The fraction of sp³-hybridized carbons (Fsp3) is 0.500. The maximum Gasteiger partial charge on any atom is 0.145 e. The molecule has 2 atom stereocenters. The van der Waals surface area contributed by atoms with Gasteiger partial charge in [-0.15, -0.1) is 0 Å². The van der Waals surface area contributed by atoms with Crippen molar-refractivity contribution in [3.63, 3.8) is 0 Å². The second-order valence-electron chi connectivity index (χ2n) is 3.90. The zero-order valence-corrected chi connectivity index (χ0v) is 9.54. The summed E-state index contributed by atoms with van der Waals surface area (Å²) in [6, 6.07) is 3.86. The standard InChI is InChI=1S/C10H16N2OS/c1-8(10(2,3)14(11)13)9-4-6-12-7-5-9/h4-8H,11H2,1-3H3. The van der Waals surface area contributed by atoms with Gasteiger partial charge in [-0.3, -0.25) is 4.98 Å². The predicted octanol–water partition coefficient (Wildman–Crippen LogP) is 1.59. The van der Waals surface area contributed by atoms with E-state index in [1.165, 1.54) is 0 Å². The first-order chi connectivity index (χ1) is 6.46. The Bertz CT molecular complexity index is 287. The summed E-state index contributed by atoms with van der Waals surface area (Å²) in [5.74, 6) is 0.149. The molecule has 78 valence electrons. The molecule has 2 N–H and O–H groups in total. The third-order valence-corrected chi connectivity index (χ3v) is 4.16. The van der Waals surface area contributed by atoms with Gasteiger partial charge in [0.1, 0.15) is 4.75 Å². The van der Waals surface area contributed by atoms with Crippen LogP contribution in [0.2, 0.25) is 0 Å². The quantitative estimate of drug-likeness (QED) is 0.774. The molecule has 0 aliphatic carbocycles. The van der Waals surface area contributed by atoms with E-state index in [1.54, 1.807) is 12.4 Å². The van der Waals surface area contributed by atoms with Crippen LogP contribution < -0.4 is 5.14 Å². The van der Waals surface area contributed by atoms with Crippen LogP contribution in [-0.2, 0) is 11.4 Å². The topological polar surface area (TPSA) is 62.0 Å². The maximum atomic E-state index is 11.4. The zero-order valence-electron chi connectivity index (χ0n) is 8.73. The molecule has 0 aliphatic heterocycles. The van der Waals surface area contributed by atoms with E-state index < -0.39 is 16.1 Å². The summed E-state index contributed by atoms with van der Waals surface area (Å²) < 4.78 is 10.9. The van der Waals surface area contributed by atoms with Crippen molar-refractivity contribution in [2.45, 2.75) is 31.4 Å². The monoisotopic (exact) mass is 212 g/mol. The number of rotatable bonds is 3. The first kappa shape index (κ1) is 11.5. The summed E-state index contributed by atoms with van der Waals surface area (Å²) in [6.07, 6.45) is 3.47. The Balaban J connectivity index is 2.90. The van der Waals surface area contributed by atoms with Crippen LogP contribution in [0, 0.1) is 0 Å². The molecule has 1 heterocycles. The molecule has 0 fully saturated rings. The molecular formula is C10H16N2OS. The van der Waals surface area contributed by atoms with Crippen LogP contribution in [0.3, 0.4) is 0 Å². The van der Waals surface area contributed by atoms with Crippen molar-refractivity contribution >= 4 is 11.4 Å². The van der Waals surface area contributed by atoms with Gasteiger partial charge in [-0.1, -0.05) is 6.92 Å². The molecule has 0 aromatic carbocycles. The van der Waals surface area contributed by atoms with Crippen molar-refractivity contribution in [2.24, 2.45) is 5.14 Å². The van der Waals surface area contributed by atoms with Crippen LogP contribution in [0.15, 0.2) is 24.5 Å². The van der Waals surface area contributed by atoms with Crippen LogP contribution in [-0.4, -0.2) is 14.3 Å². The van der Waals surface area contributed by atoms with E-state index in [2.05, 4.69) is 4.98 Å². The van der Waals surface area contributed by atoms with Gasteiger partial charge in [-0.05, 0) is 31.5 Å². The Morgan fingerprint density at radius 1 is 1.43 bits per heavy atom. The average Bonchev–Trinajstić information content (AvgIpc) is 2.17. The molecule has 1 aromatic rings. The van der Waals surface area contributed by atoms with Crippen LogP contribution in [0.4, 0.5) is 0 Å². The number of aromatic nitrogens is 1. The minimum atomic E-state index is -1.33. The second-order valence-corrected chi connectivity index (χ2v) is 5.55. The van der Waals surface area contributed by atoms with Crippen molar-refractivity contribution in [1.29, 1.82) is 0 Å². The molecule has 1 aromatic heterocycles. The van der Waals surface area contributed by atoms with Gasteiger partial charge in [0.25, 0.3) is 0 Å². The van der Waals surface area contributed by atoms with Crippen LogP contribution >= 0.6 is 0 Å². The number of hydrogen-bond donors (Lipinski definition) is 1. The molecule has 0 saturated heterocycles. The highest BCUT2D eigenvalue weighted by Gasteiger charge is 2.37. The van der Waals surface area contributed by atoms with Gasteiger partial charge in [0.05, 0.1) is 0 Å². The summed E-state index contributed by atoms with van der Waals surface area (Å²) in [5, 5.41) is 5.47. The van der Waals surface area contributed by atoms with Gasteiger partial charge in [-0.25, -0.2) is 0 Å². The van der Waals surface area contributed by atoms with Gasteiger partial charge >= 0.3 is 0 Å². The predicted molar refractivity (Wildman–Crippen MR) is 59.1 cm³/mol. The number of nitrogens with two attached hydrogens (primary N) is 1. The lowest BCUT2D eigenvalue weighted by molar-refractivity contribution is 0.504. The first-order valence-electron chi connectivity index (χ1n) is 4.52. The Labute approximate surface area is 88.0 Å². The van der Waals surface area contributed by atoms with E-state index in [0.717, 1.165) is 5.56 Å². The van der Waals surface area contributed by atoms with E-state index in [1.807, 2.05) is 32.9 Å². The molecule has 3 nitrogen and oxygen atoms in total. The molecule has 14 heavy (non-hydrogen) atoms. The van der Waals surface area contributed by atoms with Gasteiger partial charge in [-0.2, -0.15) is 5.14 Å². The molecule has 0 radical (unpaired) electrons. The number of pyridine rings is 1. The third-order valence-electron chi connectivity index (χ3n) is 2.77. The SMILES string of the molecule is CC(c1ccncc1)C(C)(C)[S+](N)[O-]. The largest absolute Gasteiger partial charge is 0.598 e. The van der Waals surface area contributed by atoms with Gasteiger partial charge in [0.2, 0.25) is 0 Å². The molecule has 4 heteroatoms. The molecule has 0 aliphatic rings. The van der Waals surface area contributed by atoms with E-state index >= 15 is 0 Å². The van der Waals surface area contributed by atoms with E-state index in [9.17, 15) is 4.55 Å². The van der Waals surface area contributed by atoms with Crippen molar-refractivity contribution in [3.8, 4) is 0 Å². The van der Waals surface area contributed by atoms with Crippen molar-refractivity contribution in [2.75, 3.05) is 0 Å². The Morgan fingerprint density at radius 2 is 1.93 bits per heavy atom. The summed E-state index contributed by atoms with van der Waals surface area (Å²) in [6.45, 7) is 5.85. The summed E-state index contributed by atoms with van der Waals surface area (Å²) in [5.41, 5.74) is 1.11. The van der Waals surface area contributed by atoms with E-state index in [0.29, 0.717) is 0 Å². The van der Waals surface area contributed by atoms with Gasteiger partial charge < -0.3 is 4.55 Å². The summed E-state index contributed by atoms with van der Waals surface area (Å²) in [4.78, 5) is 3.95. The highest BCUT2D eigenvalue weighted by Crippen LogP contribution is 2.32. The van der Waals surface area contributed by atoms with E-state index in [4.69, 9.17) is 5.14 Å². The fourth-order valence-corrected chi connectivity index (χ4v) is 1.71. The Morgan fingerprint density at radius 3 is 2.36 bits per heavy atom. The molecule has 2 unspecified atom stereocenters. The Kier molecular flexibility index (Phi) is 3.53. The van der Waals surface area contributed by atoms with Crippen molar-refractivity contribution < 1.29 is 4.55 Å². The van der Waals surface area contributed by atoms with Gasteiger partial charge in [0, 0.05) is 29.7 Å². The van der Waals surface area contributed by atoms with E-state index in [-0.39, 0.29) is 5.92 Å². The molecule has 0 bridgehead atoms. The smallest absolute Gasteiger partial charge is 0.145 e. The minimum Gasteiger partial charge on any atom is -0.598 e. The number of hydrogen-bond acceptors (Lipinski definition) is 3. The van der Waals surface area contributed by atoms with Crippen LogP contribution in [0.1, 0.15) is 32.3 Å². The summed E-state index contributed by atoms with van der Waals surface area (Å²) >= 11 is -1.33. The van der Waals surface area contributed by atoms with Crippen LogP contribution in [0.5, 0.6) is 0 Å². The third kappa shape index (κ3) is 2.26. The fourth-order valence-electron chi connectivity index (χ4n) is 1.23. The lowest BCUT2D eigenvalue weighted by Gasteiger charge is -2.30.